The first-order valence-corrected chi connectivity index (χ1v) is 5.39. The molecular weight excluding hydrogens is 239 g/mol. The van der Waals surface area contributed by atoms with Crippen molar-refractivity contribution in [2.75, 3.05) is 0 Å². The zero-order chi connectivity index (χ0) is 11.0. The van der Waals surface area contributed by atoms with Crippen molar-refractivity contribution in [3.63, 3.8) is 0 Å². The van der Waals surface area contributed by atoms with Crippen LogP contribution < -0.4 is 17.7 Å². The minimum atomic E-state index is -0.144. The average molecular weight is 251 g/mol. The molecule has 88 valence electrons. The van der Waals surface area contributed by atoms with Gasteiger partial charge < -0.3 is 12.4 Å². The van der Waals surface area contributed by atoms with Gasteiger partial charge in [0.1, 0.15) is 5.82 Å². The predicted molar refractivity (Wildman–Crippen MR) is 61.2 cm³/mol. The predicted octanol–water partition coefficient (Wildman–Crippen LogP) is -1.39. The third-order valence-electron chi connectivity index (χ3n) is 2.99. The van der Waals surface area contributed by atoms with Crippen LogP contribution in [0.25, 0.3) is 5.57 Å². The van der Waals surface area contributed by atoms with Crippen LogP contribution >= 0.6 is 0 Å². The number of aliphatic imine (C=N–C) groups is 1. The highest BCUT2D eigenvalue weighted by molar-refractivity contribution is 5.74. The quantitative estimate of drug-likeness (QED) is 0.636. The Morgan fingerprint density at radius 1 is 1.29 bits per heavy atom. The van der Waals surface area contributed by atoms with Crippen molar-refractivity contribution in [3.05, 3.63) is 53.1 Å². The third kappa shape index (κ3) is 2.30. The van der Waals surface area contributed by atoms with Crippen molar-refractivity contribution in [2.24, 2.45) is 4.99 Å². The lowest BCUT2D eigenvalue weighted by atomic mass is 10.1. The summed E-state index contributed by atoms with van der Waals surface area (Å²) in [4.78, 5) is 4.03. The van der Waals surface area contributed by atoms with Crippen LogP contribution in [-0.2, 0) is 6.42 Å². The number of nitrogens with two attached hydrogens (primary N) is 1. The highest BCUT2D eigenvalue weighted by Gasteiger charge is 2.17. The van der Waals surface area contributed by atoms with Crippen molar-refractivity contribution >= 4 is 11.9 Å². The van der Waals surface area contributed by atoms with Crippen molar-refractivity contribution < 1.29 is 22.1 Å². The van der Waals surface area contributed by atoms with Crippen LogP contribution in [-0.4, -0.2) is 6.34 Å². The maximum Gasteiger partial charge on any atom is 0.191 e. The second-order valence-electron chi connectivity index (χ2n) is 4.06. The van der Waals surface area contributed by atoms with Crippen molar-refractivity contribution in [2.45, 2.75) is 12.8 Å². The summed E-state index contributed by atoms with van der Waals surface area (Å²) in [6.07, 6.45) is 7.69. The Morgan fingerprint density at radius 2 is 2.18 bits per heavy atom. The molecule has 0 spiro atoms. The van der Waals surface area contributed by atoms with Crippen LogP contribution in [0, 0.1) is 5.82 Å². The average Bonchev–Trinajstić information content (AvgIpc) is 2.89. The Kier molecular flexibility index (Phi) is 3.41. The van der Waals surface area contributed by atoms with Gasteiger partial charge in [-0.05, 0) is 41.7 Å². The molecule has 0 saturated carbocycles. The second kappa shape index (κ2) is 4.82. The molecule has 1 aliphatic heterocycles. The molecule has 0 unspecified atom stereocenters. The van der Waals surface area contributed by atoms with Crippen LogP contribution in [0.1, 0.15) is 17.5 Å². The van der Waals surface area contributed by atoms with E-state index in [4.69, 9.17) is 0 Å². The van der Waals surface area contributed by atoms with Gasteiger partial charge in [0.05, 0.1) is 6.20 Å². The summed E-state index contributed by atoms with van der Waals surface area (Å²) in [7, 11) is 0. The fraction of sp³-hybridized carbons (Fsp3) is 0.154. The van der Waals surface area contributed by atoms with E-state index in [0.29, 0.717) is 0 Å². The van der Waals surface area contributed by atoms with Gasteiger partial charge in [0.2, 0.25) is 0 Å². The van der Waals surface area contributed by atoms with E-state index in [1.165, 1.54) is 17.2 Å². The molecular formula is C13H12ClFN2. The van der Waals surface area contributed by atoms with Crippen LogP contribution in [0.15, 0.2) is 41.2 Å². The monoisotopic (exact) mass is 250 g/mol. The molecule has 2 N–H and O–H groups in total. The molecule has 0 amide bonds. The molecule has 0 fully saturated rings. The van der Waals surface area contributed by atoms with Gasteiger partial charge in [0, 0.05) is 6.08 Å². The molecule has 0 radical (unpaired) electrons. The molecule has 1 aromatic rings. The minimum Gasteiger partial charge on any atom is -1.00 e. The fourth-order valence-corrected chi connectivity index (χ4v) is 2.22. The number of nitrogens with zero attached hydrogens (tertiary/aromatic N) is 1. The van der Waals surface area contributed by atoms with Gasteiger partial charge in [-0.1, -0.05) is 6.07 Å². The number of halogens is 2. The van der Waals surface area contributed by atoms with Crippen molar-refractivity contribution in [1.29, 1.82) is 0 Å². The van der Waals surface area contributed by atoms with Gasteiger partial charge >= 0.3 is 0 Å². The normalized spacial score (nSPS) is 19.1. The molecule has 2 nitrogen and oxygen atoms in total. The summed E-state index contributed by atoms with van der Waals surface area (Å²) in [6, 6.07) is 5.04. The maximum absolute atomic E-state index is 13.0. The van der Waals surface area contributed by atoms with Crippen molar-refractivity contribution in [1.82, 2.24) is 0 Å². The number of hydrogen-bond acceptors (Lipinski definition) is 1. The number of quaternary nitrogens is 1. The number of allylic oxidation sites excluding steroid dienone is 2. The van der Waals surface area contributed by atoms with E-state index in [0.717, 1.165) is 24.1 Å². The molecule has 1 aromatic carbocycles. The number of aryl methyl sites for hydroxylation is 1. The lowest BCUT2D eigenvalue weighted by molar-refractivity contribution is -0.463. The molecule has 1 aliphatic carbocycles. The summed E-state index contributed by atoms with van der Waals surface area (Å²) in [5.74, 6) is -0.144. The Morgan fingerprint density at radius 3 is 2.94 bits per heavy atom. The first-order chi connectivity index (χ1) is 7.83. The van der Waals surface area contributed by atoms with Crippen molar-refractivity contribution in [3.8, 4) is 0 Å². The standard InChI is InChI=1S/C13H11FN2.ClH/c14-11-3-4-13-9(5-11)1-2-10(13)6-12-7-15-8-16-12;/h3-8H,1-2H2,(H,15,16);1H/b10-6+;. The highest BCUT2D eigenvalue weighted by Crippen LogP contribution is 2.32. The number of benzene rings is 1. The Hall–Kier alpha value is -1.45. The molecule has 3 rings (SSSR count). The van der Waals surface area contributed by atoms with Crippen LogP contribution in [0.4, 0.5) is 4.39 Å². The fourth-order valence-electron chi connectivity index (χ4n) is 2.22. The van der Waals surface area contributed by atoms with Gasteiger partial charge in [-0.15, -0.1) is 0 Å². The van der Waals surface area contributed by atoms with E-state index in [9.17, 15) is 4.39 Å². The summed E-state index contributed by atoms with van der Waals surface area (Å²) in [5.41, 5.74) is 4.70. The largest absolute Gasteiger partial charge is 1.00 e. The van der Waals surface area contributed by atoms with Gasteiger partial charge in [0.25, 0.3) is 0 Å². The molecule has 0 atom stereocenters. The minimum absolute atomic E-state index is 0. The first kappa shape index (κ1) is 12.0. The third-order valence-corrected chi connectivity index (χ3v) is 2.99. The van der Waals surface area contributed by atoms with E-state index in [-0.39, 0.29) is 18.2 Å². The summed E-state index contributed by atoms with van der Waals surface area (Å²) in [6.45, 7) is 0. The summed E-state index contributed by atoms with van der Waals surface area (Å²) < 4.78 is 13.0. The molecule has 2 aliphatic rings. The smallest absolute Gasteiger partial charge is 0.191 e. The van der Waals surface area contributed by atoms with Crippen LogP contribution in [0.2, 0.25) is 0 Å². The Balaban J connectivity index is 0.00000108. The molecule has 0 aromatic heterocycles. The van der Waals surface area contributed by atoms with E-state index >= 15 is 0 Å². The molecule has 17 heavy (non-hydrogen) atoms. The van der Waals surface area contributed by atoms with Gasteiger partial charge in [0.15, 0.2) is 12.0 Å². The SMILES string of the molecule is Fc1ccc2c(c1)CC/C2=C\C1=CN=C[NH2+]1.[Cl-]. The highest BCUT2D eigenvalue weighted by atomic mass is 35.5. The summed E-state index contributed by atoms with van der Waals surface area (Å²) in [5, 5.41) is 1.98. The van der Waals surface area contributed by atoms with E-state index in [1.54, 1.807) is 12.4 Å². The number of rotatable bonds is 1. The van der Waals surface area contributed by atoms with E-state index in [1.807, 2.05) is 17.6 Å². The summed E-state index contributed by atoms with van der Waals surface area (Å²) >= 11 is 0. The lowest BCUT2D eigenvalue weighted by Gasteiger charge is -2.00. The van der Waals surface area contributed by atoms with Crippen LogP contribution in [0.3, 0.4) is 0 Å². The molecule has 0 saturated heterocycles. The molecule has 0 bridgehead atoms. The lowest BCUT2D eigenvalue weighted by Crippen LogP contribution is -3.00. The molecule has 4 heteroatoms. The second-order valence-corrected chi connectivity index (χ2v) is 4.06. The van der Waals surface area contributed by atoms with E-state index in [2.05, 4.69) is 11.1 Å². The first-order valence-electron chi connectivity index (χ1n) is 5.39. The zero-order valence-corrected chi connectivity index (χ0v) is 9.91. The number of hydrogen-bond donors (Lipinski definition) is 1. The Labute approximate surface area is 105 Å². The van der Waals surface area contributed by atoms with E-state index < -0.39 is 0 Å². The van der Waals surface area contributed by atoms with Gasteiger partial charge in [-0.3, -0.25) is 5.32 Å². The topological polar surface area (TPSA) is 29.0 Å². The maximum atomic E-state index is 13.0. The van der Waals surface area contributed by atoms with Crippen LogP contribution in [0.5, 0.6) is 0 Å². The Bertz CT molecular complexity index is 532. The zero-order valence-electron chi connectivity index (χ0n) is 9.16. The number of fused-ring (bicyclic) bond motifs is 1. The van der Waals surface area contributed by atoms with Gasteiger partial charge in [-0.2, -0.15) is 0 Å². The molecule has 1 heterocycles. The van der Waals surface area contributed by atoms with Gasteiger partial charge in [-0.25, -0.2) is 9.38 Å².